The van der Waals surface area contributed by atoms with Gasteiger partial charge in [0.25, 0.3) is 0 Å². The summed E-state index contributed by atoms with van der Waals surface area (Å²) < 4.78 is 52.6. The van der Waals surface area contributed by atoms with Crippen molar-refractivity contribution in [2.24, 2.45) is 0 Å². The quantitative estimate of drug-likeness (QED) is 0.208. The fourth-order valence-corrected chi connectivity index (χ4v) is 5.99. The van der Waals surface area contributed by atoms with E-state index in [1.807, 2.05) is 18.2 Å². The number of rotatable bonds is 4. The molecule has 0 saturated heterocycles. The van der Waals surface area contributed by atoms with Crippen molar-refractivity contribution >= 4 is 44.3 Å². The second-order valence-electron chi connectivity index (χ2n) is 12.9. The van der Waals surface area contributed by atoms with Crippen LogP contribution in [0.15, 0.2) is 63.4 Å². The monoisotopic (exact) mass is 577 g/mol. The molecule has 0 aliphatic heterocycles. The third-order valence-corrected chi connectivity index (χ3v) is 8.25. The first-order chi connectivity index (χ1) is 21.6. The Balaban J connectivity index is 1.63. The lowest BCUT2D eigenvalue weighted by Crippen LogP contribution is -2.16. The molecule has 0 radical (unpaired) electrons. The first-order valence-electron chi connectivity index (χ1n) is 16.1. The summed E-state index contributed by atoms with van der Waals surface area (Å²) in [6, 6.07) is 17.5. The van der Waals surface area contributed by atoms with Crippen LogP contribution in [0.25, 0.3) is 61.4 Å². The Bertz CT molecular complexity index is 2290. The van der Waals surface area contributed by atoms with Crippen molar-refractivity contribution in [1.29, 1.82) is 0 Å². The number of hydrogen-bond donors (Lipinski definition) is 0. The Morgan fingerprint density at radius 2 is 1.60 bits per heavy atom. The molecule has 7 aromatic rings. The number of imidazole rings is 1. The molecule has 0 bridgehead atoms. The van der Waals surface area contributed by atoms with E-state index < -0.39 is 13.0 Å². The molecule has 0 fully saturated rings. The van der Waals surface area contributed by atoms with E-state index >= 15 is 0 Å². The molecule has 43 heavy (non-hydrogen) atoms. The lowest BCUT2D eigenvalue weighted by molar-refractivity contribution is 0.355. The van der Waals surface area contributed by atoms with Gasteiger partial charge in [-0.1, -0.05) is 78.8 Å². The molecule has 4 heterocycles. The summed E-state index contributed by atoms with van der Waals surface area (Å²) in [5.41, 5.74) is 7.66. The Morgan fingerprint density at radius 1 is 0.884 bits per heavy atom. The molecule has 0 N–H and O–H groups in total. The van der Waals surface area contributed by atoms with Gasteiger partial charge in [0.2, 0.25) is 11.4 Å². The number of pyridine rings is 1. The zero-order valence-electron chi connectivity index (χ0n) is 28.3. The number of nitrogens with zero attached hydrogens (tertiary/aromatic N) is 4. The number of furan rings is 1. The standard InChI is InChI=1S/C36H35FN4O2/c1-18(2)23-15-21(36(6,7)8)16-24(19(3)4)30(23)41-27-12-10-9-11-26(27)38-33(41)22-14-13-20(5)29-25-17-28-32(40-35(37)42-28)39-34(25)43-31(22)29/h9-19H,1-8H3/i5D3. The van der Waals surface area contributed by atoms with Gasteiger partial charge in [0.15, 0.2) is 5.58 Å². The van der Waals surface area contributed by atoms with Gasteiger partial charge < -0.3 is 8.83 Å². The van der Waals surface area contributed by atoms with Gasteiger partial charge in [0.05, 0.1) is 27.7 Å². The van der Waals surface area contributed by atoms with E-state index in [0.29, 0.717) is 27.7 Å². The topological polar surface area (TPSA) is 69.9 Å². The minimum Gasteiger partial charge on any atom is -0.437 e. The molecule has 0 aliphatic carbocycles. The van der Waals surface area contributed by atoms with Crippen molar-refractivity contribution in [3.05, 3.63) is 83.0 Å². The number of para-hydroxylation sites is 2. The summed E-state index contributed by atoms with van der Waals surface area (Å²) in [5.74, 6) is 1.00. The number of benzene rings is 3. The zero-order chi connectivity index (χ0) is 32.9. The van der Waals surface area contributed by atoms with E-state index in [2.05, 4.69) is 81.2 Å². The molecule has 7 rings (SSSR count). The van der Waals surface area contributed by atoms with Crippen LogP contribution in [0.3, 0.4) is 0 Å². The summed E-state index contributed by atoms with van der Waals surface area (Å²) in [7, 11) is 0. The van der Waals surface area contributed by atoms with Crippen LogP contribution in [0.2, 0.25) is 0 Å². The second kappa shape index (κ2) is 9.49. The van der Waals surface area contributed by atoms with Crippen molar-refractivity contribution in [2.45, 2.75) is 72.6 Å². The average Bonchev–Trinajstić information content (AvgIpc) is 3.65. The summed E-state index contributed by atoms with van der Waals surface area (Å²) in [6.45, 7) is 13.0. The van der Waals surface area contributed by atoms with Gasteiger partial charge in [-0.3, -0.25) is 4.57 Å². The highest BCUT2D eigenvalue weighted by Crippen LogP contribution is 2.43. The fraction of sp³-hybridized carbons (Fsp3) is 0.306. The summed E-state index contributed by atoms with van der Waals surface area (Å²) in [6.07, 6.45) is -1.02. The predicted octanol–water partition coefficient (Wildman–Crippen LogP) is 10.1. The minimum atomic E-state index is -2.46. The third-order valence-electron chi connectivity index (χ3n) is 8.25. The van der Waals surface area contributed by atoms with Crippen molar-refractivity contribution in [3.8, 4) is 17.1 Å². The molecule has 3 aromatic carbocycles. The van der Waals surface area contributed by atoms with Crippen molar-refractivity contribution in [2.75, 3.05) is 0 Å². The largest absolute Gasteiger partial charge is 0.437 e. The van der Waals surface area contributed by atoms with Gasteiger partial charge in [-0.15, -0.1) is 4.39 Å². The fourth-order valence-electron chi connectivity index (χ4n) is 5.99. The summed E-state index contributed by atoms with van der Waals surface area (Å²) in [5, 5.41) is 0.753. The van der Waals surface area contributed by atoms with Crippen LogP contribution in [0.5, 0.6) is 0 Å². The average molecular weight is 578 g/mol. The highest BCUT2D eigenvalue weighted by molar-refractivity contribution is 6.12. The smallest absolute Gasteiger partial charge is 0.384 e. The molecule has 0 unspecified atom stereocenters. The highest BCUT2D eigenvalue weighted by Gasteiger charge is 2.27. The maximum atomic E-state index is 13.9. The van der Waals surface area contributed by atoms with Crippen LogP contribution in [0.1, 0.15) is 86.7 Å². The van der Waals surface area contributed by atoms with Gasteiger partial charge in [-0.25, -0.2) is 4.98 Å². The zero-order valence-corrected chi connectivity index (χ0v) is 25.3. The van der Waals surface area contributed by atoms with Crippen LogP contribution >= 0.6 is 0 Å². The Morgan fingerprint density at radius 3 is 2.28 bits per heavy atom. The summed E-state index contributed by atoms with van der Waals surface area (Å²) in [4.78, 5) is 13.3. The number of fused-ring (bicyclic) bond motifs is 5. The van der Waals surface area contributed by atoms with E-state index in [1.165, 1.54) is 16.7 Å². The van der Waals surface area contributed by atoms with E-state index in [-0.39, 0.29) is 39.8 Å². The first-order valence-corrected chi connectivity index (χ1v) is 14.6. The predicted molar refractivity (Wildman–Crippen MR) is 171 cm³/mol. The van der Waals surface area contributed by atoms with Crippen molar-refractivity contribution in [1.82, 2.24) is 19.5 Å². The Labute approximate surface area is 253 Å². The maximum absolute atomic E-state index is 13.9. The van der Waals surface area contributed by atoms with E-state index in [0.717, 1.165) is 16.7 Å². The molecule has 4 aromatic heterocycles. The van der Waals surface area contributed by atoms with Gasteiger partial charge in [-0.2, -0.15) is 9.97 Å². The minimum absolute atomic E-state index is 0.0374. The van der Waals surface area contributed by atoms with Gasteiger partial charge >= 0.3 is 6.14 Å². The Kier molecular flexibility index (Phi) is 5.29. The van der Waals surface area contributed by atoms with Gasteiger partial charge in [0, 0.05) is 9.50 Å². The molecular weight excluding hydrogens is 539 g/mol. The molecule has 7 heteroatoms. The molecule has 0 amide bonds. The molecule has 6 nitrogen and oxygen atoms in total. The molecular formula is C36H35FN4O2. The van der Waals surface area contributed by atoms with E-state index in [1.54, 1.807) is 18.2 Å². The van der Waals surface area contributed by atoms with Crippen LogP contribution < -0.4 is 0 Å². The van der Waals surface area contributed by atoms with Crippen molar-refractivity contribution in [3.63, 3.8) is 0 Å². The normalized spacial score (nSPS) is 14.0. The lowest BCUT2D eigenvalue weighted by Gasteiger charge is -2.28. The molecule has 0 aliphatic rings. The third kappa shape index (κ3) is 4.24. The molecule has 0 atom stereocenters. The number of hydrogen-bond acceptors (Lipinski definition) is 5. The van der Waals surface area contributed by atoms with Gasteiger partial charge in [-0.05, 0) is 70.6 Å². The summed E-state index contributed by atoms with van der Waals surface area (Å²) >= 11 is 0. The van der Waals surface area contributed by atoms with Crippen molar-refractivity contribution < 1.29 is 17.3 Å². The Hall–Kier alpha value is -4.52. The number of halogens is 1. The SMILES string of the molecule is [2H]C([2H])([2H])c1ccc(-c2nc3ccccc3n2-c2c(C(C)C)cc(C(C)(C)C)cc2C(C)C)c2oc3nc4nc(F)oc4cc3c12. The first kappa shape index (κ1) is 24.0. The molecule has 0 spiro atoms. The second-order valence-corrected chi connectivity index (χ2v) is 12.9. The lowest BCUT2D eigenvalue weighted by atomic mass is 9.81. The van der Waals surface area contributed by atoms with Crippen LogP contribution in [-0.4, -0.2) is 19.5 Å². The molecule has 0 saturated carbocycles. The van der Waals surface area contributed by atoms with Gasteiger partial charge in [0.1, 0.15) is 11.4 Å². The van der Waals surface area contributed by atoms with E-state index in [9.17, 15) is 4.39 Å². The van der Waals surface area contributed by atoms with Crippen LogP contribution in [-0.2, 0) is 5.41 Å². The number of aryl methyl sites for hydroxylation is 1. The van der Waals surface area contributed by atoms with Crippen LogP contribution in [0.4, 0.5) is 4.39 Å². The number of oxazole rings is 1. The number of aromatic nitrogens is 4. The van der Waals surface area contributed by atoms with Crippen LogP contribution in [0, 0.1) is 13.0 Å². The highest BCUT2D eigenvalue weighted by atomic mass is 19.1. The van der Waals surface area contributed by atoms with E-state index in [4.69, 9.17) is 17.9 Å². The maximum Gasteiger partial charge on any atom is 0.384 e. The molecule has 218 valence electrons.